The summed E-state index contributed by atoms with van der Waals surface area (Å²) in [5, 5.41) is 39.8. The lowest BCUT2D eigenvalue weighted by atomic mass is 9.94. The number of benzene rings is 2. The number of aliphatic hydroxyl groups is 4. The van der Waals surface area contributed by atoms with E-state index in [1.807, 2.05) is 0 Å². The first-order valence-corrected chi connectivity index (χ1v) is 8.28. The van der Waals surface area contributed by atoms with Gasteiger partial charge in [-0.25, -0.2) is 0 Å². The molecule has 0 saturated carbocycles. The van der Waals surface area contributed by atoms with Crippen LogP contribution in [0.3, 0.4) is 0 Å². The molecule has 2 aromatic carbocycles. The van der Waals surface area contributed by atoms with E-state index in [1.165, 1.54) is 0 Å². The van der Waals surface area contributed by atoms with Crippen molar-refractivity contribution in [2.24, 2.45) is 0 Å². The van der Waals surface area contributed by atoms with Crippen molar-refractivity contribution >= 4 is 11.6 Å². The lowest BCUT2D eigenvalue weighted by Crippen LogP contribution is -2.47. The average Bonchev–Trinajstić information content (AvgIpc) is 2.67. The Morgan fingerprint density at radius 3 is 1.23 bits per heavy atom. The van der Waals surface area contributed by atoms with Crippen LogP contribution in [-0.4, -0.2) is 56.4 Å². The summed E-state index contributed by atoms with van der Waals surface area (Å²) in [6.45, 7) is 0. The maximum atomic E-state index is 12.0. The van der Waals surface area contributed by atoms with E-state index >= 15 is 0 Å². The predicted octanol–water partition coefficient (Wildman–Crippen LogP) is 0.0536. The first-order valence-electron chi connectivity index (χ1n) is 8.28. The second-order valence-corrected chi connectivity index (χ2v) is 6.13. The molecule has 6 heteroatoms. The van der Waals surface area contributed by atoms with Crippen molar-refractivity contribution in [1.82, 2.24) is 0 Å². The van der Waals surface area contributed by atoms with Crippen LogP contribution < -0.4 is 0 Å². The fraction of sp³-hybridized carbons (Fsp3) is 0.300. The molecule has 0 bridgehead atoms. The Bertz CT molecular complexity index is 652. The minimum absolute atomic E-state index is 0.0241. The van der Waals surface area contributed by atoms with Gasteiger partial charge in [-0.1, -0.05) is 60.7 Å². The number of hydrogen-bond acceptors (Lipinski definition) is 6. The summed E-state index contributed by atoms with van der Waals surface area (Å²) < 4.78 is 0. The molecule has 0 aliphatic heterocycles. The van der Waals surface area contributed by atoms with E-state index in [0.717, 1.165) is 0 Å². The number of carbonyl (C=O) groups is 2. The fourth-order valence-corrected chi connectivity index (χ4v) is 2.58. The number of aliphatic hydroxyl groups excluding tert-OH is 4. The highest BCUT2D eigenvalue weighted by atomic mass is 16.3. The van der Waals surface area contributed by atoms with Gasteiger partial charge >= 0.3 is 0 Å². The first-order chi connectivity index (χ1) is 12.4. The summed E-state index contributed by atoms with van der Waals surface area (Å²) >= 11 is 0. The average molecular weight is 358 g/mol. The molecule has 0 aromatic heterocycles. The Morgan fingerprint density at radius 2 is 0.923 bits per heavy atom. The second-order valence-electron chi connectivity index (χ2n) is 6.13. The molecule has 6 nitrogen and oxygen atoms in total. The molecule has 4 atom stereocenters. The number of Topliss-reactive ketones (excluding diaryl/α,β-unsaturated/α-hetero) is 2. The monoisotopic (exact) mass is 358 g/mol. The molecule has 0 aliphatic carbocycles. The van der Waals surface area contributed by atoms with Gasteiger partial charge in [-0.2, -0.15) is 0 Å². The molecule has 0 aliphatic rings. The molecule has 138 valence electrons. The van der Waals surface area contributed by atoms with Crippen molar-refractivity contribution in [2.75, 3.05) is 0 Å². The SMILES string of the molecule is O=C(C(=O)[C@H](O)C(O)Cc1ccccc1)[C@@H](O)C(O)Cc1ccccc1. The quantitative estimate of drug-likeness (QED) is 0.471. The van der Waals surface area contributed by atoms with Crippen molar-refractivity contribution in [3.05, 3.63) is 71.8 Å². The summed E-state index contributed by atoms with van der Waals surface area (Å²) in [6, 6.07) is 17.4. The van der Waals surface area contributed by atoms with Crippen LogP contribution in [0.4, 0.5) is 0 Å². The number of rotatable bonds is 9. The molecular weight excluding hydrogens is 336 g/mol. The predicted molar refractivity (Wildman–Crippen MR) is 94.3 cm³/mol. The van der Waals surface area contributed by atoms with E-state index in [-0.39, 0.29) is 12.8 Å². The van der Waals surface area contributed by atoms with Gasteiger partial charge in [0.2, 0.25) is 11.6 Å². The largest absolute Gasteiger partial charge is 0.390 e. The summed E-state index contributed by atoms with van der Waals surface area (Å²) in [5.41, 5.74) is 1.37. The number of carbonyl (C=O) groups excluding carboxylic acids is 2. The Labute approximate surface area is 151 Å². The van der Waals surface area contributed by atoms with E-state index in [9.17, 15) is 30.0 Å². The van der Waals surface area contributed by atoms with Gasteiger partial charge in [0, 0.05) is 12.8 Å². The standard InChI is InChI=1S/C20H22O6/c21-15(11-13-7-3-1-4-8-13)17(23)19(25)20(26)18(24)16(22)12-14-9-5-2-6-10-14/h1-10,15-18,21-24H,11-12H2/t15?,16?,17-,18+. The Morgan fingerprint density at radius 1 is 0.615 bits per heavy atom. The Kier molecular flexibility index (Phi) is 7.17. The molecular formula is C20H22O6. The molecule has 0 spiro atoms. The van der Waals surface area contributed by atoms with Gasteiger partial charge in [-0.15, -0.1) is 0 Å². The molecule has 2 aromatic rings. The zero-order valence-corrected chi connectivity index (χ0v) is 14.1. The van der Waals surface area contributed by atoms with Crippen LogP contribution in [0.25, 0.3) is 0 Å². The van der Waals surface area contributed by atoms with E-state index in [1.54, 1.807) is 60.7 Å². The molecule has 0 radical (unpaired) electrons. The topological polar surface area (TPSA) is 115 Å². The minimum atomic E-state index is -1.97. The van der Waals surface area contributed by atoms with Crippen molar-refractivity contribution < 1.29 is 30.0 Å². The number of hydrogen-bond donors (Lipinski definition) is 4. The van der Waals surface area contributed by atoms with Crippen LogP contribution in [0.15, 0.2) is 60.7 Å². The molecule has 26 heavy (non-hydrogen) atoms. The summed E-state index contributed by atoms with van der Waals surface area (Å²) in [4.78, 5) is 24.1. The van der Waals surface area contributed by atoms with Crippen LogP contribution >= 0.6 is 0 Å². The van der Waals surface area contributed by atoms with Gasteiger partial charge in [0.15, 0.2) is 0 Å². The highest BCUT2D eigenvalue weighted by Gasteiger charge is 2.36. The Balaban J connectivity index is 1.95. The summed E-state index contributed by atoms with van der Waals surface area (Å²) in [5.74, 6) is -2.65. The molecule has 2 rings (SSSR count). The maximum absolute atomic E-state index is 12.0. The van der Waals surface area contributed by atoms with Crippen LogP contribution in [-0.2, 0) is 22.4 Å². The first kappa shape index (κ1) is 19.9. The van der Waals surface area contributed by atoms with Gasteiger partial charge in [0.05, 0.1) is 12.2 Å². The zero-order chi connectivity index (χ0) is 19.1. The van der Waals surface area contributed by atoms with Crippen LogP contribution in [0, 0.1) is 0 Å². The normalized spacial score (nSPS) is 15.7. The molecule has 0 amide bonds. The van der Waals surface area contributed by atoms with E-state index < -0.39 is 36.0 Å². The van der Waals surface area contributed by atoms with Gasteiger partial charge in [-0.3, -0.25) is 9.59 Å². The minimum Gasteiger partial charge on any atom is -0.390 e. The Hall–Kier alpha value is -2.38. The molecule has 2 unspecified atom stereocenters. The van der Waals surface area contributed by atoms with Crippen molar-refractivity contribution in [2.45, 2.75) is 37.3 Å². The highest BCUT2D eigenvalue weighted by molar-refractivity contribution is 6.40. The van der Waals surface area contributed by atoms with Crippen LogP contribution in [0.5, 0.6) is 0 Å². The lowest BCUT2D eigenvalue weighted by molar-refractivity contribution is -0.152. The van der Waals surface area contributed by atoms with Crippen molar-refractivity contribution in [3.63, 3.8) is 0 Å². The third-order valence-corrected chi connectivity index (χ3v) is 4.08. The van der Waals surface area contributed by atoms with E-state index in [0.29, 0.717) is 11.1 Å². The molecule has 0 fully saturated rings. The van der Waals surface area contributed by atoms with Gasteiger partial charge in [-0.05, 0) is 11.1 Å². The van der Waals surface area contributed by atoms with Crippen LogP contribution in [0.1, 0.15) is 11.1 Å². The van der Waals surface area contributed by atoms with E-state index in [4.69, 9.17) is 0 Å². The van der Waals surface area contributed by atoms with Crippen molar-refractivity contribution in [1.29, 1.82) is 0 Å². The van der Waals surface area contributed by atoms with Crippen LogP contribution in [0.2, 0.25) is 0 Å². The number of ketones is 2. The maximum Gasteiger partial charge on any atom is 0.232 e. The summed E-state index contributed by atoms with van der Waals surface area (Å²) in [6.07, 6.45) is -6.98. The smallest absolute Gasteiger partial charge is 0.232 e. The van der Waals surface area contributed by atoms with Gasteiger partial charge < -0.3 is 20.4 Å². The third-order valence-electron chi connectivity index (χ3n) is 4.08. The zero-order valence-electron chi connectivity index (χ0n) is 14.1. The highest BCUT2D eigenvalue weighted by Crippen LogP contribution is 2.11. The lowest BCUT2D eigenvalue weighted by Gasteiger charge is -2.20. The fourth-order valence-electron chi connectivity index (χ4n) is 2.58. The van der Waals surface area contributed by atoms with Gasteiger partial charge in [0.1, 0.15) is 12.2 Å². The summed E-state index contributed by atoms with van der Waals surface area (Å²) in [7, 11) is 0. The third kappa shape index (κ3) is 5.31. The van der Waals surface area contributed by atoms with Gasteiger partial charge in [0.25, 0.3) is 0 Å². The van der Waals surface area contributed by atoms with Crippen molar-refractivity contribution in [3.8, 4) is 0 Å². The van der Waals surface area contributed by atoms with E-state index in [2.05, 4.69) is 0 Å². The molecule has 0 heterocycles. The molecule has 4 N–H and O–H groups in total. The molecule has 0 saturated heterocycles. The second kappa shape index (κ2) is 9.35.